The quantitative estimate of drug-likeness (QED) is 0.711. The summed E-state index contributed by atoms with van der Waals surface area (Å²) in [7, 11) is 0. The third-order valence-electron chi connectivity index (χ3n) is 4.04. The minimum absolute atomic E-state index is 0.431. The number of amides is 2. The molecule has 0 saturated carbocycles. The second-order valence-corrected chi connectivity index (χ2v) is 7.64. The van der Waals surface area contributed by atoms with E-state index in [0.29, 0.717) is 11.1 Å². The lowest BCUT2D eigenvalue weighted by molar-refractivity contribution is -0.124. The summed E-state index contributed by atoms with van der Waals surface area (Å²) in [5.41, 5.74) is 0.636. The van der Waals surface area contributed by atoms with E-state index in [1.54, 1.807) is 64.1 Å². The molecule has 0 unspecified atom stereocenters. The summed E-state index contributed by atoms with van der Waals surface area (Å²) < 4.78 is 5.28. The van der Waals surface area contributed by atoms with Crippen LogP contribution in [-0.4, -0.2) is 28.7 Å². The molecule has 2 amide bonds. The van der Waals surface area contributed by atoms with Gasteiger partial charge in [0.25, 0.3) is 0 Å². The van der Waals surface area contributed by atoms with Crippen LogP contribution >= 0.6 is 0 Å². The van der Waals surface area contributed by atoms with Crippen molar-refractivity contribution in [3.8, 4) is 0 Å². The number of benzene rings is 2. The number of rotatable bonds is 6. The number of hydrogen-bond donors (Lipinski definition) is 3. The fraction of sp³-hybridized carbons (Fsp3) is 0.364. The first-order valence-electron chi connectivity index (χ1n) is 9.25. The van der Waals surface area contributed by atoms with Crippen LogP contribution in [0, 0.1) is 0 Å². The minimum Gasteiger partial charge on any atom is -0.444 e. The normalized spacial score (nSPS) is 14.5. The highest BCUT2D eigenvalue weighted by atomic mass is 16.6. The van der Waals surface area contributed by atoms with Crippen LogP contribution in [0.3, 0.4) is 0 Å². The molecule has 0 heterocycles. The maximum absolute atomic E-state index is 12.9. The Morgan fingerprint density at radius 1 is 0.893 bits per heavy atom. The number of hydrogen-bond acceptors (Lipinski definition) is 4. The SMILES string of the molecule is C[C@H](NC(=O)[C@H](NC(=O)OC(C)(C)C)c1ccccc1)[C@H](O)c1ccccc1. The van der Waals surface area contributed by atoms with Gasteiger partial charge in [-0.25, -0.2) is 4.79 Å². The summed E-state index contributed by atoms with van der Waals surface area (Å²) in [4.78, 5) is 25.1. The fourth-order valence-corrected chi connectivity index (χ4v) is 2.70. The first-order valence-corrected chi connectivity index (χ1v) is 9.25. The van der Waals surface area contributed by atoms with Crippen LogP contribution in [0.25, 0.3) is 0 Å². The smallest absolute Gasteiger partial charge is 0.408 e. The van der Waals surface area contributed by atoms with Crippen molar-refractivity contribution >= 4 is 12.0 Å². The van der Waals surface area contributed by atoms with Crippen LogP contribution in [0.15, 0.2) is 60.7 Å². The summed E-state index contributed by atoms with van der Waals surface area (Å²) >= 11 is 0. The van der Waals surface area contributed by atoms with E-state index < -0.39 is 35.8 Å². The summed E-state index contributed by atoms with van der Waals surface area (Å²) in [6.45, 7) is 6.97. The summed E-state index contributed by atoms with van der Waals surface area (Å²) in [6, 6.07) is 16.5. The molecule has 0 radical (unpaired) electrons. The first kappa shape index (κ1) is 21.4. The van der Waals surface area contributed by atoms with Crippen molar-refractivity contribution in [3.05, 3.63) is 71.8 Å². The van der Waals surface area contributed by atoms with Crippen molar-refractivity contribution in [1.82, 2.24) is 10.6 Å². The van der Waals surface area contributed by atoms with Gasteiger partial charge in [-0.1, -0.05) is 60.7 Å². The van der Waals surface area contributed by atoms with Crippen molar-refractivity contribution in [3.63, 3.8) is 0 Å². The van der Waals surface area contributed by atoms with Gasteiger partial charge < -0.3 is 20.5 Å². The molecule has 2 aromatic rings. The molecule has 3 N–H and O–H groups in total. The zero-order chi connectivity index (χ0) is 20.7. The molecule has 0 aliphatic heterocycles. The van der Waals surface area contributed by atoms with Gasteiger partial charge in [0, 0.05) is 0 Å². The Bertz CT molecular complexity index is 772. The molecule has 6 nitrogen and oxygen atoms in total. The van der Waals surface area contributed by atoms with E-state index in [-0.39, 0.29) is 0 Å². The maximum atomic E-state index is 12.9. The number of ether oxygens (including phenoxy) is 1. The van der Waals surface area contributed by atoms with Crippen molar-refractivity contribution in [2.45, 2.75) is 51.5 Å². The van der Waals surface area contributed by atoms with Crippen LogP contribution in [0.2, 0.25) is 0 Å². The van der Waals surface area contributed by atoms with E-state index in [0.717, 1.165) is 0 Å². The number of aliphatic hydroxyl groups is 1. The van der Waals surface area contributed by atoms with Gasteiger partial charge in [0.15, 0.2) is 0 Å². The molecular formula is C22H28N2O4. The van der Waals surface area contributed by atoms with Crippen LogP contribution in [0.1, 0.15) is 51.0 Å². The van der Waals surface area contributed by atoms with E-state index in [2.05, 4.69) is 10.6 Å². The molecule has 3 atom stereocenters. The Kier molecular flexibility index (Phi) is 7.18. The molecule has 2 aromatic carbocycles. The van der Waals surface area contributed by atoms with E-state index in [1.807, 2.05) is 24.3 Å². The maximum Gasteiger partial charge on any atom is 0.408 e. The van der Waals surface area contributed by atoms with E-state index in [4.69, 9.17) is 4.74 Å². The molecule has 150 valence electrons. The van der Waals surface area contributed by atoms with Crippen LogP contribution in [0.4, 0.5) is 4.79 Å². The van der Waals surface area contributed by atoms with Gasteiger partial charge in [-0.15, -0.1) is 0 Å². The predicted molar refractivity (Wildman–Crippen MR) is 108 cm³/mol. The number of carbonyl (C=O) groups is 2. The topological polar surface area (TPSA) is 87.7 Å². The molecule has 0 saturated heterocycles. The van der Waals surface area contributed by atoms with E-state index >= 15 is 0 Å². The van der Waals surface area contributed by atoms with Crippen LogP contribution in [0.5, 0.6) is 0 Å². The number of aliphatic hydroxyl groups excluding tert-OH is 1. The van der Waals surface area contributed by atoms with Gasteiger partial charge >= 0.3 is 6.09 Å². The Morgan fingerprint density at radius 2 is 1.39 bits per heavy atom. The highest BCUT2D eigenvalue weighted by Gasteiger charge is 2.28. The van der Waals surface area contributed by atoms with Crippen molar-refractivity contribution in [2.75, 3.05) is 0 Å². The number of carbonyl (C=O) groups excluding carboxylic acids is 2. The van der Waals surface area contributed by atoms with Crippen LogP contribution in [-0.2, 0) is 9.53 Å². The van der Waals surface area contributed by atoms with Crippen molar-refractivity contribution < 1.29 is 19.4 Å². The molecule has 0 aliphatic rings. The average molecular weight is 384 g/mol. The van der Waals surface area contributed by atoms with Gasteiger partial charge in [-0.05, 0) is 38.8 Å². The molecule has 0 aliphatic carbocycles. The highest BCUT2D eigenvalue weighted by Crippen LogP contribution is 2.19. The Labute approximate surface area is 165 Å². The second kappa shape index (κ2) is 9.37. The lowest BCUT2D eigenvalue weighted by atomic mass is 10.0. The molecular weight excluding hydrogens is 356 g/mol. The zero-order valence-corrected chi connectivity index (χ0v) is 16.7. The summed E-state index contributed by atoms with van der Waals surface area (Å²) in [5.74, 6) is -0.431. The summed E-state index contributed by atoms with van der Waals surface area (Å²) in [5, 5.41) is 15.9. The highest BCUT2D eigenvalue weighted by molar-refractivity contribution is 5.87. The predicted octanol–water partition coefficient (Wildman–Crippen LogP) is 3.49. The van der Waals surface area contributed by atoms with Crippen LogP contribution < -0.4 is 10.6 Å². The van der Waals surface area contributed by atoms with Crippen molar-refractivity contribution in [2.24, 2.45) is 0 Å². The lowest BCUT2D eigenvalue weighted by Gasteiger charge is -2.26. The second-order valence-electron chi connectivity index (χ2n) is 7.64. The van der Waals surface area contributed by atoms with Crippen molar-refractivity contribution in [1.29, 1.82) is 0 Å². The Hall–Kier alpha value is -2.86. The Balaban J connectivity index is 2.13. The monoisotopic (exact) mass is 384 g/mol. The first-order chi connectivity index (χ1) is 13.2. The molecule has 0 spiro atoms. The molecule has 0 aromatic heterocycles. The molecule has 6 heteroatoms. The lowest BCUT2D eigenvalue weighted by Crippen LogP contribution is -2.46. The molecule has 0 bridgehead atoms. The zero-order valence-electron chi connectivity index (χ0n) is 16.7. The standard InChI is InChI=1S/C22H28N2O4/c1-15(19(25)17-13-9-6-10-14-17)23-20(26)18(16-11-7-5-8-12-16)24-21(27)28-22(2,3)4/h5-15,18-19,25H,1-4H3,(H,23,26)(H,24,27)/t15-,18+,19-/m0/s1. The molecule has 0 fully saturated rings. The van der Waals surface area contributed by atoms with Gasteiger partial charge in [0.05, 0.1) is 12.1 Å². The van der Waals surface area contributed by atoms with Gasteiger partial charge in [0.1, 0.15) is 11.6 Å². The van der Waals surface area contributed by atoms with Gasteiger partial charge in [0.2, 0.25) is 5.91 Å². The average Bonchev–Trinajstić information content (AvgIpc) is 2.65. The fourth-order valence-electron chi connectivity index (χ4n) is 2.70. The molecule has 2 rings (SSSR count). The van der Waals surface area contributed by atoms with Gasteiger partial charge in [-0.3, -0.25) is 4.79 Å². The van der Waals surface area contributed by atoms with E-state index in [9.17, 15) is 14.7 Å². The largest absolute Gasteiger partial charge is 0.444 e. The third-order valence-corrected chi connectivity index (χ3v) is 4.04. The minimum atomic E-state index is -0.943. The molecule has 28 heavy (non-hydrogen) atoms. The van der Waals surface area contributed by atoms with Gasteiger partial charge in [-0.2, -0.15) is 0 Å². The third kappa shape index (κ3) is 6.39. The Morgan fingerprint density at radius 3 is 1.89 bits per heavy atom. The number of alkyl carbamates (subject to hydrolysis) is 1. The van der Waals surface area contributed by atoms with E-state index in [1.165, 1.54) is 0 Å². The number of nitrogens with one attached hydrogen (secondary N) is 2. The summed E-state index contributed by atoms with van der Waals surface area (Å²) in [6.07, 6.45) is -1.56.